The molecule has 0 saturated carbocycles. The summed E-state index contributed by atoms with van der Waals surface area (Å²) in [6.07, 6.45) is 13.0. The molecule has 0 N–H and O–H groups in total. The Bertz CT molecular complexity index is 713. The van der Waals surface area contributed by atoms with Crippen molar-refractivity contribution in [2.45, 2.75) is 37.8 Å². The lowest BCUT2D eigenvalue weighted by Gasteiger charge is -2.45. The number of likely N-dealkylation sites (tertiary alicyclic amines) is 2. The number of carbonyl (C=O) groups is 1. The first-order valence-corrected chi connectivity index (χ1v) is 8.96. The van der Waals surface area contributed by atoms with Crippen molar-refractivity contribution in [1.82, 2.24) is 24.8 Å². The van der Waals surface area contributed by atoms with E-state index in [1.54, 1.807) is 18.6 Å². The summed E-state index contributed by atoms with van der Waals surface area (Å²) in [5, 5.41) is 0. The summed E-state index contributed by atoms with van der Waals surface area (Å²) in [4.78, 5) is 29.5. The molecule has 2 aliphatic rings. The van der Waals surface area contributed by atoms with Gasteiger partial charge in [0.1, 0.15) is 5.69 Å². The summed E-state index contributed by atoms with van der Waals surface area (Å²) in [6, 6.07) is 4.14. The maximum atomic E-state index is 12.6. The third-order valence-corrected chi connectivity index (χ3v) is 5.60. The number of rotatable bonds is 3. The van der Waals surface area contributed by atoms with Crippen LogP contribution in [0, 0.1) is 0 Å². The van der Waals surface area contributed by atoms with E-state index in [4.69, 9.17) is 0 Å². The Hall–Kier alpha value is -2.34. The van der Waals surface area contributed by atoms with E-state index in [2.05, 4.69) is 25.9 Å². The summed E-state index contributed by atoms with van der Waals surface area (Å²) < 4.78 is 0. The molecule has 0 atom stereocenters. The highest BCUT2D eigenvalue weighted by Gasteiger charge is 2.43. The molecule has 2 aliphatic heterocycles. The van der Waals surface area contributed by atoms with Gasteiger partial charge in [-0.05, 0) is 43.9 Å². The van der Waals surface area contributed by atoms with Crippen LogP contribution in [-0.2, 0) is 6.54 Å². The van der Waals surface area contributed by atoms with Gasteiger partial charge in [0.15, 0.2) is 0 Å². The lowest BCUT2D eigenvalue weighted by Crippen LogP contribution is -2.53. The van der Waals surface area contributed by atoms with Crippen molar-refractivity contribution < 1.29 is 4.79 Å². The molecule has 6 heteroatoms. The molecule has 25 heavy (non-hydrogen) atoms. The smallest absolute Gasteiger partial charge is 0.274 e. The molecule has 1 amide bonds. The second-order valence-electron chi connectivity index (χ2n) is 6.99. The average Bonchev–Trinajstić information content (AvgIpc) is 3.05. The Kier molecular flexibility index (Phi) is 4.44. The monoisotopic (exact) mass is 337 g/mol. The fraction of sp³-hybridized carbons (Fsp3) is 0.474. The highest BCUT2D eigenvalue weighted by Crippen LogP contribution is 2.39. The van der Waals surface area contributed by atoms with Gasteiger partial charge in [-0.15, -0.1) is 0 Å². The van der Waals surface area contributed by atoms with Crippen molar-refractivity contribution in [3.05, 3.63) is 54.4 Å². The summed E-state index contributed by atoms with van der Waals surface area (Å²) in [6.45, 7) is 3.66. The molecule has 2 aromatic heterocycles. The van der Waals surface area contributed by atoms with Gasteiger partial charge in [-0.3, -0.25) is 19.7 Å². The zero-order valence-electron chi connectivity index (χ0n) is 14.3. The Morgan fingerprint density at radius 1 is 1.04 bits per heavy atom. The zero-order valence-corrected chi connectivity index (χ0v) is 14.3. The van der Waals surface area contributed by atoms with Crippen molar-refractivity contribution in [3.63, 3.8) is 0 Å². The third-order valence-electron chi connectivity index (χ3n) is 5.60. The Morgan fingerprint density at radius 3 is 2.60 bits per heavy atom. The molecule has 1 spiro atoms. The molecule has 130 valence electrons. The molecule has 2 aromatic rings. The Balaban J connectivity index is 1.42. The van der Waals surface area contributed by atoms with Crippen molar-refractivity contribution in [3.8, 4) is 0 Å². The predicted octanol–water partition coefficient (Wildman–Crippen LogP) is 2.14. The van der Waals surface area contributed by atoms with Crippen molar-refractivity contribution in [2.75, 3.05) is 19.6 Å². The maximum Gasteiger partial charge on any atom is 0.274 e. The molecule has 2 fully saturated rings. The van der Waals surface area contributed by atoms with E-state index in [9.17, 15) is 4.79 Å². The van der Waals surface area contributed by atoms with E-state index in [0.29, 0.717) is 5.69 Å². The first-order chi connectivity index (χ1) is 12.3. The van der Waals surface area contributed by atoms with Crippen LogP contribution in [-0.4, -0.2) is 55.8 Å². The molecule has 6 nitrogen and oxygen atoms in total. The van der Waals surface area contributed by atoms with Crippen LogP contribution in [0.2, 0.25) is 0 Å². The maximum absolute atomic E-state index is 12.6. The number of nitrogens with zero attached hydrogens (tertiary/aromatic N) is 5. The summed E-state index contributed by atoms with van der Waals surface area (Å²) >= 11 is 0. The zero-order chi connectivity index (χ0) is 17.1. The van der Waals surface area contributed by atoms with Gasteiger partial charge in [-0.1, -0.05) is 6.07 Å². The van der Waals surface area contributed by atoms with E-state index in [-0.39, 0.29) is 11.4 Å². The van der Waals surface area contributed by atoms with Gasteiger partial charge < -0.3 is 4.90 Å². The van der Waals surface area contributed by atoms with Gasteiger partial charge in [0.2, 0.25) is 0 Å². The number of carbonyl (C=O) groups excluding carboxylic acids is 1. The van der Waals surface area contributed by atoms with Gasteiger partial charge in [-0.2, -0.15) is 0 Å². The molecule has 0 radical (unpaired) electrons. The van der Waals surface area contributed by atoms with Gasteiger partial charge in [0.25, 0.3) is 5.91 Å². The van der Waals surface area contributed by atoms with E-state index < -0.39 is 0 Å². The van der Waals surface area contributed by atoms with Gasteiger partial charge in [-0.25, -0.2) is 4.98 Å². The number of pyridine rings is 1. The van der Waals surface area contributed by atoms with Crippen LogP contribution in [0.3, 0.4) is 0 Å². The molecule has 0 aromatic carbocycles. The quantitative estimate of drug-likeness (QED) is 0.859. The Labute approximate surface area is 147 Å². The van der Waals surface area contributed by atoms with Crippen molar-refractivity contribution in [2.24, 2.45) is 0 Å². The fourth-order valence-electron chi connectivity index (χ4n) is 4.22. The van der Waals surface area contributed by atoms with E-state index >= 15 is 0 Å². The van der Waals surface area contributed by atoms with Crippen LogP contribution >= 0.6 is 0 Å². The minimum atomic E-state index is -0.000226. The molecule has 4 heterocycles. The average molecular weight is 337 g/mol. The molecule has 0 unspecified atom stereocenters. The van der Waals surface area contributed by atoms with Crippen LogP contribution in [0.15, 0.2) is 43.1 Å². The van der Waals surface area contributed by atoms with Crippen LogP contribution in [0.1, 0.15) is 41.7 Å². The second-order valence-corrected chi connectivity index (χ2v) is 6.99. The highest BCUT2D eigenvalue weighted by atomic mass is 16.2. The van der Waals surface area contributed by atoms with Gasteiger partial charge in [0, 0.05) is 50.0 Å². The lowest BCUT2D eigenvalue weighted by atomic mass is 9.84. The van der Waals surface area contributed by atoms with Crippen LogP contribution in [0.25, 0.3) is 0 Å². The van der Waals surface area contributed by atoms with Crippen molar-refractivity contribution >= 4 is 5.91 Å². The van der Waals surface area contributed by atoms with E-state index in [0.717, 1.165) is 39.0 Å². The summed E-state index contributed by atoms with van der Waals surface area (Å²) in [7, 11) is 0. The first-order valence-electron chi connectivity index (χ1n) is 8.96. The molecule has 0 bridgehead atoms. The SMILES string of the molecule is O=C(c1cnccn1)N1CCC2(CCCN2Cc2cccnc2)CC1. The summed E-state index contributed by atoms with van der Waals surface area (Å²) in [5.74, 6) is -0.000226. The number of hydrogen-bond donors (Lipinski definition) is 0. The molecule has 0 aliphatic carbocycles. The topological polar surface area (TPSA) is 62.2 Å². The van der Waals surface area contributed by atoms with Gasteiger partial charge in [0.05, 0.1) is 6.20 Å². The molecule has 2 saturated heterocycles. The van der Waals surface area contributed by atoms with Crippen LogP contribution in [0.5, 0.6) is 0 Å². The number of amides is 1. The van der Waals surface area contributed by atoms with Crippen LogP contribution < -0.4 is 0 Å². The van der Waals surface area contributed by atoms with E-state index in [1.165, 1.54) is 18.4 Å². The number of aromatic nitrogens is 3. The van der Waals surface area contributed by atoms with Gasteiger partial charge >= 0.3 is 0 Å². The van der Waals surface area contributed by atoms with Crippen molar-refractivity contribution in [1.29, 1.82) is 0 Å². The number of piperidine rings is 1. The predicted molar refractivity (Wildman–Crippen MR) is 93.8 cm³/mol. The molecule has 4 rings (SSSR count). The lowest BCUT2D eigenvalue weighted by molar-refractivity contribution is 0.0379. The molecular weight excluding hydrogens is 314 g/mol. The normalized spacial score (nSPS) is 20.1. The number of hydrogen-bond acceptors (Lipinski definition) is 5. The third kappa shape index (κ3) is 3.26. The minimum Gasteiger partial charge on any atom is -0.337 e. The first kappa shape index (κ1) is 16.1. The summed E-state index contributed by atoms with van der Waals surface area (Å²) in [5.41, 5.74) is 1.94. The highest BCUT2D eigenvalue weighted by molar-refractivity contribution is 5.92. The standard InChI is InChI=1S/C19H23N5O/c25-18(17-14-21-8-9-22-17)23-11-5-19(6-12-23)4-2-10-24(19)15-16-3-1-7-20-13-16/h1,3,7-9,13-14H,2,4-6,10-12,15H2. The minimum absolute atomic E-state index is 0.000226. The second kappa shape index (κ2) is 6.88. The molecular formula is C19H23N5O. The largest absolute Gasteiger partial charge is 0.337 e. The fourth-order valence-corrected chi connectivity index (χ4v) is 4.22. The van der Waals surface area contributed by atoms with Crippen LogP contribution in [0.4, 0.5) is 0 Å². The Morgan fingerprint density at radius 2 is 1.88 bits per heavy atom. The van der Waals surface area contributed by atoms with E-state index in [1.807, 2.05) is 23.4 Å².